The van der Waals surface area contributed by atoms with E-state index in [-0.39, 0.29) is 6.03 Å². The lowest BCUT2D eigenvalue weighted by Crippen LogP contribution is -2.37. The van der Waals surface area contributed by atoms with Crippen molar-refractivity contribution in [2.24, 2.45) is 5.92 Å². The molecule has 0 bridgehead atoms. The lowest BCUT2D eigenvalue weighted by atomic mass is 10.0. The van der Waals surface area contributed by atoms with Crippen LogP contribution in [0.4, 0.5) is 4.79 Å². The molecule has 0 atom stereocenters. The number of rotatable bonds is 6. The Bertz CT molecular complexity index is 435. The van der Waals surface area contributed by atoms with E-state index in [0.717, 1.165) is 25.3 Å². The number of urea groups is 1. The van der Waals surface area contributed by atoms with Gasteiger partial charge in [0, 0.05) is 20.1 Å². The molecule has 0 radical (unpaired) electrons. The Morgan fingerprint density at radius 1 is 1.19 bits per heavy atom. The van der Waals surface area contributed by atoms with E-state index >= 15 is 0 Å². The summed E-state index contributed by atoms with van der Waals surface area (Å²) in [6.45, 7) is 3.63. The second-order valence-corrected chi connectivity index (χ2v) is 6.20. The van der Waals surface area contributed by atoms with Crippen LogP contribution >= 0.6 is 0 Å². The van der Waals surface area contributed by atoms with E-state index in [1.54, 1.807) is 4.90 Å². The minimum atomic E-state index is 0.0348. The summed E-state index contributed by atoms with van der Waals surface area (Å²) < 4.78 is 0. The van der Waals surface area contributed by atoms with E-state index in [1.807, 2.05) is 7.05 Å². The number of carbonyl (C=O) groups excluding carboxylic acids is 1. The van der Waals surface area contributed by atoms with E-state index in [4.69, 9.17) is 0 Å². The number of hydrogen-bond donors (Lipinski definition) is 1. The Kier molecular flexibility index (Phi) is 6.09. The van der Waals surface area contributed by atoms with Gasteiger partial charge in [-0.05, 0) is 29.9 Å². The first-order valence-corrected chi connectivity index (χ1v) is 8.26. The maximum atomic E-state index is 12.1. The van der Waals surface area contributed by atoms with Crippen molar-refractivity contribution in [1.29, 1.82) is 0 Å². The van der Waals surface area contributed by atoms with Gasteiger partial charge < -0.3 is 10.2 Å². The van der Waals surface area contributed by atoms with E-state index in [2.05, 4.69) is 36.5 Å². The first-order valence-electron chi connectivity index (χ1n) is 8.26. The summed E-state index contributed by atoms with van der Waals surface area (Å²) in [6.07, 6.45) is 7.60. The SMILES string of the molecule is CCc1ccc(CN(C)C(=O)NCCC2CCCC2)cc1. The maximum absolute atomic E-state index is 12.1. The van der Waals surface area contributed by atoms with Crippen LogP contribution in [0.3, 0.4) is 0 Å². The largest absolute Gasteiger partial charge is 0.338 e. The highest BCUT2D eigenvalue weighted by molar-refractivity contribution is 5.73. The molecule has 1 aromatic rings. The fraction of sp³-hybridized carbons (Fsp3) is 0.611. The molecule has 0 unspecified atom stereocenters. The molecule has 3 nitrogen and oxygen atoms in total. The standard InChI is InChI=1S/C18H28N2O/c1-3-15-8-10-17(11-9-15)14-20(2)18(21)19-13-12-16-6-4-5-7-16/h8-11,16H,3-7,12-14H2,1-2H3,(H,19,21). The second-order valence-electron chi connectivity index (χ2n) is 6.20. The van der Waals surface area contributed by atoms with Crippen LogP contribution in [0.5, 0.6) is 0 Å². The summed E-state index contributed by atoms with van der Waals surface area (Å²) in [5.74, 6) is 0.831. The van der Waals surface area contributed by atoms with Crippen LogP contribution in [-0.4, -0.2) is 24.5 Å². The van der Waals surface area contributed by atoms with Crippen molar-refractivity contribution in [3.05, 3.63) is 35.4 Å². The summed E-state index contributed by atoms with van der Waals surface area (Å²) in [4.78, 5) is 13.8. The lowest BCUT2D eigenvalue weighted by molar-refractivity contribution is 0.206. The maximum Gasteiger partial charge on any atom is 0.317 e. The summed E-state index contributed by atoms with van der Waals surface area (Å²) in [6, 6.07) is 8.54. The molecule has 1 saturated carbocycles. The van der Waals surface area contributed by atoms with Gasteiger partial charge in [-0.15, -0.1) is 0 Å². The third kappa shape index (κ3) is 5.07. The molecule has 3 heteroatoms. The molecular formula is C18H28N2O. The molecule has 1 aliphatic rings. The topological polar surface area (TPSA) is 32.3 Å². The average Bonchev–Trinajstić information content (AvgIpc) is 3.01. The van der Waals surface area contributed by atoms with Crippen molar-refractivity contribution in [2.75, 3.05) is 13.6 Å². The number of nitrogens with one attached hydrogen (secondary N) is 1. The van der Waals surface area contributed by atoms with Gasteiger partial charge in [-0.1, -0.05) is 56.9 Å². The van der Waals surface area contributed by atoms with E-state index < -0.39 is 0 Å². The smallest absolute Gasteiger partial charge is 0.317 e. The summed E-state index contributed by atoms with van der Waals surface area (Å²) in [5, 5.41) is 3.04. The van der Waals surface area contributed by atoms with Crippen molar-refractivity contribution in [3.8, 4) is 0 Å². The zero-order valence-corrected chi connectivity index (χ0v) is 13.4. The third-order valence-corrected chi connectivity index (χ3v) is 4.50. The molecule has 0 spiro atoms. The van der Waals surface area contributed by atoms with Gasteiger partial charge in [-0.2, -0.15) is 0 Å². The van der Waals surface area contributed by atoms with Gasteiger partial charge in [0.15, 0.2) is 0 Å². The molecule has 1 aliphatic carbocycles. The number of benzene rings is 1. The van der Waals surface area contributed by atoms with Crippen molar-refractivity contribution in [1.82, 2.24) is 10.2 Å². The van der Waals surface area contributed by atoms with Crippen molar-refractivity contribution >= 4 is 6.03 Å². The van der Waals surface area contributed by atoms with E-state index in [0.29, 0.717) is 6.54 Å². The Hall–Kier alpha value is -1.51. The zero-order chi connectivity index (χ0) is 15.1. The molecule has 2 rings (SSSR count). The molecule has 0 heterocycles. The van der Waals surface area contributed by atoms with Gasteiger partial charge >= 0.3 is 6.03 Å². The summed E-state index contributed by atoms with van der Waals surface area (Å²) >= 11 is 0. The quantitative estimate of drug-likeness (QED) is 0.844. The molecule has 0 aliphatic heterocycles. The van der Waals surface area contributed by atoms with Gasteiger partial charge in [-0.25, -0.2) is 4.79 Å². The Balaban J connectivity index is 1.70. The molecule has 21 heavy (non-hydrogen) atoms. The first-order chi connectivity index (χ1) is 10.2. The molecule has 2 amide bonds. The van der Waals surface area contributed by atoms with Crippen LogP contribution in [0.2, 0.25) is 0 Å². The van der Waals surface area contributed by atoms with Gasteiger partial charge in [0.25, 0.3) is 0 Å². The minimum Gasteiger partial charge on any atom is -0.338 e. The number of hydrogen-bond acceptors (Lipinski definition) is 1. The summed E-state index contributed by atoms with van der Waals surface area (Å²) in [5.41, 5.74) is 2.52. The minimum absolute atomic E-state index is 0.0348. The normalized spacial score (nSPS) is 15.1. The molecule has 116 valence electrons. The van der Waals surface area contributed by atoms with Gasteiger partial charge in [0.05, 0.1) is 0 Å². The van der Waals surface area contributed by atoms with Gasteiger partial charge in [0.2, 0.25) is 0 Å². The second kappa shape index (κ2) is 8.06. The monoisotopic (exact) mass is 288 g/mol. The molecule has 1 N–H and O–H groups in total. The first kappa shape index (κ1) is 15.9. The lowest BCUT2D eigenvalue weighted by Gasteiger charge is -2.19. The van der Waals surface area contributed by atoms with E-state index in [1.165, 1.54) is 36.8 Å². The summed E-state index contributed by atoms with van der Waals surface area (Å²) in [7, 11) is 1.86. The van der Waals surface area contributed by atoms with Crippen molar-refractivity contribution < 1.29 is 4.79 Å². The Labute approximate surface area is 128 Å². The fourth-order valence-electron chi connectivity index (χ4n) is 3.04. The van der Waals surface area contributed by atoms with Crippen LogP contribution in [-0.2, 0) is 13.0 Å². The molecule has 1 aromatic carbocycles. The van der Waals surface area contributed by atoms with E-state index in [9.17, 15) is 4.79 Å². The Morgan fingerprint density at radius 2 is 1.81 bits per heavy atom. The Morgan fingerprint density at radius 3 is 2.43 bits per heavy atom. The fourth-order valence-corrected chi connectivity index (χ4v) is 3.04. The highest BCUT2D eigenvalue weighted by atomic mass is 16.2. The van der Waals surface area contributed by atoms with Crippen molar-refractivity contribution in [3.63, 3.8) is 0 Å². The average molecular weight is 288 g/mol. The number of carbonyl (C=O) groups is 1. The molecular weight excluding hydrogens is 260 g/mol. The van der Waals surface area contributed by atoms with Crippen LogP contribution in [0.25, 0.3) is 0 Å². The molecule has 1 fully saturated rings. The van der Waals surface area contributed by atoms with Crippen LogP contribution in [0.15, 0.2) is 24.3 Å². The number of aryl methyl sites for hydroxylation is 1. The molecule has 0 aromatic heterocycles. The number of nitrogens with zero attached hydrogens (tertiary/aromatic N) is 1. The predicted octanol–water partition coefficient (Wildman–Crippen LogP) is 3.97. The zero-order valence-electron chi connectivity index (χ0n) is 13.4. The van der Waals surface area contributed by atoms with Crippen LogP contribution in [0.1, 0.15) is 50.2 Å². The van der Waals surface area contributed by atoms with Gasteiger partial charge in [-0.3, -0.25) is 0 Å². The highest BCUT2D eigenvalue weighted by Gasteiger charge is 2.15. The van der Waals surface area contributed by atoms with Gasteiger partial charge in [0.1, 0.15) is 0 Å². The number of amides is 2. The molecule has 0 saturated heterocycles. The third-order valence-electron chi connectivity index (χ3n) is 4.50. The van der Waals surface area contributed by atoms with Crippen LogP contribution in [0, 0.1) is 5.92 Å². The van der Waals surface area contributed by atoms with Crippen molar-refractivity contribution in [2.45, 2.75) is 52.0 Å². The van der Waals surface area contributed by atoms with Crippen LogP contribution < -0.4 is 5.32 Å². The highest BCUT2D eigenvalue weighted by Crippen LogP contribution is 2.26. The predicted molar refractivity (Wildman–Crippen MR) is 87.3 cm³/mol.